The van der Waals surface area contributed by atoms with Crippen molar-refractivity contribution in [3.8, 4) is 0 Å². The highest BCUT2D eigenvalue weighted by molar-refractivity contribution is 5.74. The Balaban J connectivity index is 1.67. The second-order valence-corrected chi connectivity index (χ2v) is 7.14. The van der Waals surface area contributed by atoms with Gasteiger partial charge in [0.15, 0.2) is 5.65 Å². The van der Waals surface area contributed by atoms with Gasteiger partial charge >= 0.3 is 0 Å². The molecule has 2 aromatic rings. The van der Waals surface area contributed by atoms with Gasteiger partial charge in [-0.3, -0.25) is 14.5 Å². The third kappa shape index (κ3) is 2.10. The van der Waals surface area contributed by atoms with Gasteiger partial charge < -0.3 is 9.64 Å². The van der Waals surface area contributed by atoms with E-state index in [1.807, 2.05) is 14.1 Å². The maximum absolute atomic E-state index is 12.3. The molecule has 2 aliphatic rings. The van der Waals surface area contributed by atoms with Crippen LogP contribution < -0.4 is 10.5 Å². The van der Waals surface area contributed by atoms with Crippen LogP contribution in [-0.4, -0.2) is 45.5 Å². The lowest BCUT2D eigenvalue weighted by Gasteiger charge is -2.57. The molecule has 0 aliphatic heterocycles. The summed E-state index contributed by atoms with van der Waals surface area (Å²) in [6, 6.07) is 0.366. The number of hydrogen-bond donors (Lipinski definition) is 1. The molecule has 0 saturated heterocycles. The Morgan fingerprint density at radius 1 is 1.46 bits per heavy atom. The van der Waals surface area contributed by atoms with Crippen molar-refractivity contribution < 1.29 is 4.74 Å². The fourth-order valence-electron chi connectivity index (χ4n) is 4.73. The SMILES string of the molecule is CCO[C@@H]1C[C@H](N(C)c2nc3c(cnn3C)c(=O)[nH]2)C12CCCC2. The lowest BCUT2D eigenvalue weighted by molar-refractivity contribution is -0.121. The monoisotopic (exact) mass is 331 g/mol. The Hall–Kier alpha value is -1.89. The van der Waals surface area contributed by atoms with Crippen molar-refractivity contribution in [2.75, 3.05) is 18.6 Å². The number of rotatable bonds is 4. The van der Waals surface area contributed by atoms with Gasteiger partial charge in [0.05, 0.1) is 12.3 Å². The molecule has 130 valence electrons. The van der Waals surface area contributed by atoms with Gasteiger partial charge in [-0.05, 0) is 26.2 Å². The molecule has 2 atom stereocenters. The smallest absolute Gasteiger partial charge is 0.263 e. The summed E-state index contributed by atoms with van der Waals surface area (Å²) >= 11 is 0. The highest BCUT2D eigenvalue weighted by Crippen LogP contribution is 2.56. The van der Waals surface area contributed by atoms with Crippen LogP contribution in [0.25, 0.3) is 11.0 Å². The summed E-state index contributed by atoms with van der Waals surface area (Å²) in [6.45, 7) is 2.83. The van der Waals surface area contributed by atoms with E-state index in [1.165, 1.54) is 25.7 Å². The number of aryl methyl sites for hydroxylation is 1. The van der Waals surface area contributed by atoms with Crippen LogP contribution in [0.15, 0.2) is 11.0 Å². The second kappa shape index (κ2) is 5.58. The summed E-state index contributed by atoms with van der Waals surface area (Å²) in [4.78, 5) is 22.1. The summed E-state index contributed by atoms with van der Waals surface area (Å²) in [5, 5.41) is 4.67. The topological polar surface area (TPSA) is 76.0 Å². The zero-order valence-electron chi connectivity index (χ0n) is 14.6. The summed E-state index contributed by atoms with van der Waals surface area (Å²) in [5.41, 5.74) is 0.711. The van der Waals surface area contributed by atoms with E-state index in [0.717, 1.165) is 13.0 Å². The van der Waals surface area contributed by atoms with Crippen molar-refractivity contribution in [2.45, 2.75) is 51.2 Å². The Morgan fingerprint density at radius 3 is 2.92 bits per heavy atom. The molecular formula is C17H25N5O2. The van der Waals surface area contributed by atoms with Crippen molar-refractivity contribution in [1.82, 2.24) is 19.7 Å². The molecule has 24 heavy (non-hydrogen) atoms. The third-order valence-electron chi connectivity index (χ3n) is 6.04. The predicted molar refractivity (Wildman–Crippen MR) is 92.3 cm³/mol. The minimum Gasteiger partial charge on any atom is -0.378 e. The van der Waals surface area contributed by atoms with Crippen LogP contribution in [0, 0.1) is 5.41 Å². The standard InChI is InChI=1S/C17H25N5O2/c1-4-24-13-9-12(17(13)7-5-6-8-17)21(2)16-19-14-11(15(23)20-16)10-18-22(14)3/h10,12-13H,4-9H2,1-3H3,(H,19,20,23)/t12-,13+/m0/s1. The van der Waals surface area contributed by atoms with Gasteiger partial charge in [0.2, 0.25) is 5.95 Å². The van der Waals surface area contributed by atoms with E-state index in [0.29, 0.717) is 29.1 Å². The fraction of sp³-hybridized carbons (Fsp3) is 0.706. The number of nitrogens with one attached hydrogen (secondary N) is 1. The molecule has 0 aromatic carbocycles. The van der Waals surface area contributed by atoms with Crippen molar-refractivity contribution >= 4 is 17.0 Å². The van der Waals surface area contributed by atoms with Crippen LogP contribution in [0.3, 0.4) is 0 Å². The molecule has 2 fully saturated rings. The molecule has 0 bridgehead atoms. The summed E-state index contributed by atoms with van der Waals surface area (Å²) < 4.78 is 7.65. The number of aromatic nitrogens is 4. The molecule has 2 saturated carbocycles. The van der Waals surface area contributed by atoms with Gasteiger partial charge in [-0.1, -0.05) is 12.8 Å². The molecule has 1 N–H and O–H groups in total. The fourth-order valence-corrected chi connectivity index (χ4v) is 4.73. The minimum absolute atomic E-state index is 0.129. The van der Waals surface area contributed by atoms with Crippen LogP contribution in [0.4, 0.5) is 5.95 Å². The highest BCUT2D eigenvalue weighted by Gasteiger charge is 2.58. The van der Waals surface area contributed by atoms with E-state index in [1.54, 1.807) is 10.9 Å². The van der Waals surface area contributed by atoms with Crippen LogP contribution >= 0.6 is 0 Å². The number of hydrogen-bond acceptors (Lipinski definition) is 5. The number of anilines is 1. The summed E-state index contributed by atoms with van der Waals surface area (Å²) in [5.74, 6) is 0.627. The van der Waals surface area contributed by atoms with E-state index < -0.39 is 0 Å². The highest BCUT2D eigenvalue weighted by atomic mass is 16.5. The molecule has 0 unspecified atom stereocenters. The molecular weight excluding hydrogens is 306 g/mol. The number of aromatic amines is 1. The molecule has 0 amide bonds. The molecule has 1 spiro atoms. The van der Waals surface area contributed by atoms with Crippen molar-refractivity contribution in [2.24, 2.45) is 12.5 Å². The van der Waals surface area contributed by atoms with E-state index in [4.69, 9.17) is 4.74 Å². The Morgan fingerprint density at radius 2 is 2.21 bits per heavy atom. The Bertz CT molecular complexity index is 805. The van der Waals surface area contributed by atoms with Gasteiger partial charge in [0.25, 0.3) is 5.56 Å². The van der Waals surface area contributed by atoms with Crippen molar-refractivity contribution in [1.29, 1.82) is 0 Å². The summed E-state index contributed by atoms with van der Waals surface area (Å²) in [6.07, 6.45) is 7.83. The predicted octanol–water partition coefficient (Wildman–Crippen LogP) is 1.83. The normalized spacial score (nSPS) is 25.3. The van der Waals surface area contributed by atoms with Gasteiger partial charge in [0.1, 0.15) is 5.39 Å². The first kappa shape index (κ1) is 15.6. The number of ether oxygens (including phenoxy) is 1. The molecule has 2 aliphatic carbocycles. The number of fused-ring (bicyclic) bond motifs is 1. The quantitative estimate of drug-likeness (QED) is 0.925. The molecule has 0 radical (unpaired) electrons. The zero-order chi connectivity index (χ0) is 16.9. The lowest BCUT2D eigenvalue weighted by atomic mass is 9.60. The minimum atomic E-state index is -0.129. The Kier molecular flexibility index (Phi) is 3.63. The largest absolute Gasteiger partial charge is 0.378 e. The lowest BCUT2D eigenvalue weighted by Crippen LogP contribution is -2.63. The van der Waals surface area contributed by atoms with Crippen molar-refractivity contribution in [3.63, 3.8) is 0 Å². The van der Waals surface area contributed by atoms with Crippen LogP contribution in [0.2, 0.25) is 0 Å². The van der Waals surface area contributed by atoms with E-state index in [2.05, 4.69) is 26.9 Å². The third-order valence-corrected chi connectivity index (χ3v) is 6.04. The molecule has 7 nitrogen and oxygen atoms in total. The van der Waals surface area contributed by atoms with Gasteiger partial charge in [-0.2, -0.15) is 10.1 Å². The maximum atomic E-state index is 12.3. The molecule has 2 heterocycles. The Labute approximate surface area is 141 Å². The maximum Gasteiger partial charge on any atom is 0.263 e. The first-order chi connectivity index (χ1) is 11.6. The van der Waals surface area contributed by atoms with Gasteiger partial charge in [-0.15, -0.1) is 0 Å². The molecule has 4 rings (SSSR count). The first-order valence-electron chi connectivity index (χ1n) is 8.83. The van der Waals surface area contributed by atoms with Crippen molar-refractivity contribution in [3.05, 3.63) is 16.6 Å². The van der Waals surface area contributed by atoms with Gasteiger partial charge in [-0.25, -0.2) is 0 Å². The van der Waals surface area contributed by atoms with Crippen LogP contribution in [0.5, 0.6) is 0 Å². The molecule has 7 heteroatoms. The number of H-pyrrole nitrogens is 1. The average Bonchev–Trinajstić information content (AvgIpc) is 3.20. The molecule has 2 aromatic heterocycles. The second-order valence-electron chi connectivity index (χ2n) is 7.14. The van der Waals surface area contributed by atoms with E-state index in [-0.39, 0.29) is 11.0 Å². The average molecular weight is 331 g/mol. The van der Waals surface area contributed by atoms with Crippen LogP contribution in [0.1, 0.15) is 39.0 Å². The van der Waals surface area contributed by atoms with Crippen LogP contribution in [-0.2, 0) is 11.8 Å². The van der Waals surface area contributed by atoms with E-state index >= 15 is 0 Å². The number of nitrogens with zero attached hydrogens (tertiary/aromatic N) is 4. The zero-order valence-corrected chi connectivity index (χ0v) is 14.6. The van der Waals surface area contributed by atoms with Gasteiger partial charge in [0, 0.05) is 32.2 Å². The summed E-state index contributed by atoms with van der Waals surface area (Å²) in [7, 11) is 3.85. The van der Waals surface area contributed by atoms with E-state index in [9.17, 15) is 4.79 Å². The first-order valence-corrected chi connectivity index (χ1v) is 8.83.